The van der Waals surface area contributed by atoms with Gasteiger partial charge in [-0.05, 0) is 30.7 Å². The van der Waals surface area contributed by atoms with Crippen molar-refractivity contribution < 1.29 is 0 Å². The third-order valence-corrected chi connectivity index (χ3v) is 3.74. The molecule has 0 unspecified atom stereocenters. The van der Waals surface area contributed by atoms with Gasteiger partial charge in [-0.1, -0.05) is 18.2 Å². The second kappa shape index (κ2) is 3.76. The standard InChI is InChI=1S/C12H12N2S/c1-2-4-11-10(3-1)14-12(15-11)9-5-7-13-8-6-9/h1-5,13H,6-8H2. The summed E-state index contributed by atoms with van der Waals surface area (Å²) in [6.07, 6.45) is 3.35. The number of nitrogens with zero attached hydrogens (tertiary/aromatic N) is 1. The van der Waals surface area contributed by atoms with Crippen molar-refractivity contribution in [1.82, 2.24) is 10.3 Å². The molecular weight excluding hydrogens is 204 g/mol. The van der Waals surface area contributed by atoms with Crippen LogP contribution in [0.3, 0.4) is 0 Å². The molecule has 0 bridgehead atoms. The molecular formula is C12H12N2S. The summed E-state index contributed by atoms with van der Waals surface area (Å²) < 4.78 is 1.28. The molecule has 1 aliphatic heterocycles. The Morgan fingerprint density at radius 3 is 3.00 bits per heavy atom. The van der Waals surface area contributed by atoms with Crippen LogP contribution < -0.4 is 5.32 Å². The molecule has 0 atom stereocenters. The number of para-hydroxylation sites is 1. The summed E-state index contributed by atoms with van der Waals surface area (Å²) in [6, 6.07) is 8.33. The average molecular weight is 216 g/mol. The van der Waals surface area contributed by atoms with Crippen LogP contribution in [-0.2, 0) is 0 Å². The topological polar surface area (TPSA) is 24.9 Å². The Morgan fingerprint density at radius 2 is 2.20 bits per heavy atom. The highest BCUT2D eigenvalue weighted by Crippen LogP contribution is 2.28. The highest BCUT2D eigenvalue weighted by molar-refractivity contribution is 7.19. The molecule has 0 saturated heterocycles. The first-order valence-corrected chi connectivity index (χ1v) is 6.01. The molecule has 0 fully saturated rings. The molecule has 15 heavy (non-hydrogen) atoms. The van der Waals surface area contributed by atoms with Gasteiger partial charge in [-0.3, -0.25) is 0 Å². The van der Waals surface area contributed by atoms with E-state index in [1.807, 2.05) is 6.07 Å². The monoisotopic (exact) mass is 216 g/mol. The van der Waals surface area contributed by atoms with E-state index in [2.05, 4.69) is 34.6 Å². The highest BCUT2D eigenvalue weighted by Gasteiger charge is 2.10. The Bertz CT molecular complexity index is 480. The molecule has 0 amide bonds. The molecule has 0 radical (unpaired) electrons. The fourth-order valence-corrected chi connectivity index (χ4v) is 2.86. The number of fused-ring (bicyclic) bond motifs is 1. The molecule has 3 rings (SSSR count). The molecule has 1 N–H and O–H groups in total. The maximum Gasteiger partial charge on any atom is 0.120 e. The van der Waals surface area contributed by atoms with Crippen LogP contribution in [0, 0.1) is 0 Å². The van der Waals surface area contributed by atoms with Crippen LogP contribution in [0.2, 0.25) is 0 Å². The van der Waals surface area contributed by atoms with Crippen LogP contribution in [0.4, 0.5) is 0 Å². The Labute approximate surface area is 92.7 Å². The van der Waals surface area contributed by atoms with Crippen molar-refractivity contribution in [2.75, 3.05) is 13.1 Å². The number of rotatable bonds is 1. The second-order valence-electron chi connectivity index (χ2n) is 3.67. The fourth-order valence-electron chi connectivity index (χ4n) is 1.83. The molecule has 2 heterocycles. The average Bonchev–Trinajstić information content (AvgIpc) is 2.74. The Balaban J connectivity index is 2.07. The second-order valence-corrected chi connectivity index (χ2v) is 4.70. The summed E-state index contributed by atoms with van der Waals surface area (Å²) >= 11 is 1.80. The van der Waals surface area contributed by atoms with Crippen molar-refractivity contribution in [1.29, 1.82) is 0 Å². The van der Waals surface area contributed by atoms with Gasteiger partial charge in [0.2, 0.25) is 0 Å². The van der Waals surface area contributed by atoms with Gasteiger partial charge in [0.05, 0.1) is 10.2 Å². The molecule has 0 saturated carbocycles. The maximum absolute atomic E-state index is 4.66. The molecule has 76 valence electrons. The molecule has 2 aromatic rings. The van der Waals surface area contributed by atoms with Crippen molar-refractivity contribution in [3.63, 3.8) is 0 Å². The van der Waals surface area contributed by atoms with Crippen LogP contribution in [0.5, 0.6) is 0 Å². The van der Waals surface area contributed by atoms with Gasteiger partial charge >= 0.3 is 0 Å². The van der Waals surface area contributed by atoms with E-state index < -0.39 is 0 Å². The van der Waals surface area contributed by atoms with Crippen LogP contribution >= 0.6 is 11.3 Å². The summed E-state index contributed by atoms with van der Waals surface area (Å²) in [7, 11) is 0. The van der Waals surface area contributed by atoms with E-state index in [-0.39, 0.29) is 0 Å². The van der Waals surface area contributed by atoms with Crippen LogP contribution in [0.25, 0.3) is 15.8 Å². The zero-order chi connectivity index (χ0) is 10.1. The predicted molar refractivity (Wildman–Crippen MR) is 65.1 cm³/mol. The zero-order valence-corrected chi connectivity index (χ0v) is 9.18. The SMILES string of the molecule is C1=C(c2nc3ccccc3s2)CCNC1. The lowest BCUT2D eigenvalue weighted by Gasteiger charge is -2.10. The van der Waals surface area contributed by atoms with E-state index in [9.17, 15) is 0 Å². The van der Waals surface area contributed by atoms with Gasteiger partial charge in [0.25, 0.3) is 0 Å². The van der Waals surface area contributed by atoms with E-state index >= 15 is 0 Å². The fraction of sp³-hybridized carbons (Fsp3) is 0.250. The third kappa shape index (κ3) is 1.68. The smallest absolute Gasteiger partial charge is 0.120 e. The summed E-state index contributed by atoms with van der Waals surface area (Å²) in [4.78, 5) is 4.66. The van der Waals surface area contributed by atoms with Crippen molar-refractivity contribution in [2.24, 2.45) is 0 Å². The highest BCUT2D eigenvalue weighted by atomic mass is 32.1. The van der Waals surface area contributed by atoms with Gasteiger partial charge in [0.15, 0.2) is 0 Å². The van der Waals surface area contributed by atoms with Crippen molar-refractivity contribution in [3.8, 4) is 0 Å². The molecule has 0 aliphatic carbocycles. The molecule has 1 aliphatic rings. The summed E-state index contributed by atoms with van der Waals surface area (Å²) in [5, 5.41) is 4.51. The van der Waals surface area contributed by atoms with Crippen molar-refractivity contribution >= 4 is 27.1 Å². The maximum atomic E-state index is 4.66. The number of benzene rings is 1. The summed E-state index contributed by atoms with van der Waals surface area (Å²) in [5.41, 5.74) is 2.52. The largest absolute Gasteiger partial charge is 0.313 e. The molecule has 0 spiro atoms. The van der Waals surface area contributed by atoms with E-state index in [1.54, 1.807) is 11.3 Å². The van der Waals surface area contributed by atoms with E-state index in [0.29, 0.717) is 0 Å². The number of hydrogen-bond acceptors (Lipinski definition) is 3. The first-order chi connectivity index (χ1) is 7.43. The minimum atomic E-state index is 0.977. The zero-order valence-electron chi connectivity index (χ0n) is 8.36. The number of aromatic nitrogens is 1. The van der Waals surface area contributed by atoms with Gasteiger partial charge < -0.3 is 5.32 Å². The first-order valence-electron chi connectivity index (χ1n) is 5.19. The Kier molecular flexibility index (Phi) is 2.27. The normalized spacial score (nSPS) is 16.7. The van der Waals surface area contributed by atoms with E-state index in [4.69, 9.17) is 0 Å². The lowest BCUT2D eigenvalue weighted by Crippen LogP contribution is -2.19. The van der Waals surface area contributed by atoms with Gasteiger partial charge in [0, 0.05) is 6.54 Å². The summed E-state index contributed by atoms with van der Waals surface area (Å²) in [5.74, 6) is 0. The number of hydrogen-bond donors (Lipinski definition) is 1. The van der Waals surface area contributed by atoms with Gasteiger partial charge in [-0.25, -0.2) is 4.98 Å². The minimum absolute atomic E-state index is 0.977. The number of nitrogens with one attached hydrogen (secondary N) is 1. The lowest BCUT2D eigenvalue weighted by molar-refractivity contribution is 0.738. The molecule has 3 heteroatoms. The Hall–Kier alpha value is -1.19. The lowest BCUT2D eigenvalue weighted by atomic mass is 10.1. The predicted octanol–water partition coefficient (Wildman–Crippen LogP) is 2.67. The molecule has 2 nitrogen and oxygen atoms in total. The van der Waals surface area contributed by atoms with Gasteiger partial charge in [0.1, 0.15) is 5.01 Å². The number of thiazole rings is 1. The molecule has 1 aromatic carbocycles. The quantitative estimate of drug-likeness (QED) is 0.792. The molecule has 1 aromatic heterocycles. The summed E-state index contributed by atoms with van der Waals surface area (Å²) in [6.45, 7) is 2.05. The van der Waals surface area contributed by atoms with Crippen molar-refractivity contribution in [3.05, 3.63) is 35.3 Å². The first kappa shape index (κ1) is 9.07. The van der Waals surface area contributed by atoms with Crippen LogP contribution in [0.15, 0.2) is 30.3 Å². The third-order valence-electron chi connectivity index (χ3n) is 2.63. The minimum Gasteiger partial charge on any atom is -0.313 e. The van der Waals surface area contributed by atoms with Crippen LogP contribution in [-0.4, -0.2) is 18.1 Å². The Morgan fingerprint density at radius 1 is 1.27 bits per heavy atom. The van der Waals surface area contributed by atoms with Crippen molar-refractivity contribution in [2.45, 2.75) is 6.42 Å². The van der Waals surface area contributed by atoms with E-state index in [0.717, 1.165) is 25.0 Å². The van der Waals surface area contributed by atoms with Gasteiger partial charge in [-0.2, -0.15) is 0 Å². The van der Waals surface area contributed by atoms with Crippen LogP contribution in [0.1, 0.15) is 11.4 Å². The van der Waals surface area contributed by atoms with E-state index in [1.165, 1.54) is 15.3 Å². The van der Waals surface area contributed by atoms with Gasteiger partial charge in [-0.15, -0.1) is 11.3 Å².